The van der Waals surface area contributed by atoms with Gasteiger partial charge >= 0.3 is 0 Å². The summed E-state index contributed by atoms with van der Waals surface area (Å²) in [4.78, 5) is 16.7. The van der Waals surface area contributed by atoms with Gasteiger partial charge in [-0.1, -0.05) is 43.4 Å². The maximum Gasteiger partial charge on any atom is 0.253 e. The average Bonchev–Trinajstić information content (AvgIpc) is 2.84. The highest BCUT2D eigenvalue weighted by Crippen LogP contribution is 2.21. The van der Waals surface area contributed by atoms with Crippen molar-refractivity contribution < 1.29 is 4.79 Å². The number of hydrogen-bond donors (Lipinski definition) is 2. The molecular weight excluding hydrogens is 322 g/mol. The van der Waals surface area contributed by atoms with E-state index in [1.54, 1.807) is 12.4 Å². The molecule has 1 amide bonds. The molecule has 0 unspecified atom stereocenters. The molecule has 2 N–H and O–H groups in total. The molecule has 1 heterocycles. The van der Waals surface area contributed by atoms with Crippen LogP contribution in [0.25, 0.3) is 0 Å². The van der Waals surface area contributed by atoms with Gasteiger partial charge < -0.3 is 10.6 Å². The number of nitrogens with one attached hydrogen (secondary N) is 2. The van der Waals surface area contributed by atoms with Gasteiger partial charge in [-0.15, -0.1) is 0 Å². The average molecular weight is 344 g/mol. The third-order valence-electron chi connectivity index (χ3n) is 4.30. The molecule has 3 rings (SSSR count). The number of carbonyl (C=O) groups is 1. The van der Waals surface area contributed by atoms with Crippen LogP contribution in [0.4, 0.5) is 11.4 Å². The van der Waals surface area contributed by atoms with Crippen LogP contribution in [0.3, 0.4) is 0 Å². The fourth-order valence-electron chi connectivity index (χ4n) is 3.06. The quantitative estimate of drug-likeness (QED) is 0.774. The number of hydrogen-bond acceptors (Lipinski definition) is 3. The second kappa shape index (κ2) is 8.15. The molecular formula is C19H22ClN3O. The molecule has 0 radical (unpaired) electrons. The van der Waals surface area contributed by atoms with Crippen LogP contribution in [0.5, 0.6) is 0 Å². The summed E-state index contributed by atoms with van der Waals surface area (Å²) in [7, 11) is 0. The Labute approximate surface area is 147 Å². The van der Waals surface area contributed by atoms with Gasteiger partial charge in [0.1, 0.15) is 0 Å². The van der Waals surface area contributed by atoms with Crippen LogP contribution in [-0.4, -0.2) is 16.9 Å². The topological polar surface area (TPSA) is 54.0 Å². The smallest absolute Gasteiger partial charge is 0.253 e. The van der Waals surface area contributed by atoms with Crippen LogP contribution in [-0.2, 0) is 0 Å². The van der Waals surface area contributed by atoms with E-state index in [0.29, 0.717) is 10.6 Å². The molecule has 5 heteroatoms. The van der Waals surface area contributed by atoms with Gasteiger partial charge in [0.25, 0.3) is 5.91 Å². The molecule has 0 saturated heterocycles. The Bertz CT molecular complexity index is 697. The van der Waals surface area contributed by atoms with Gasteiger partial charge in [0, 0.05) is 22.9 Å². The molecule has 0 spiro atoms. The zero-order valence-corrected chi connectivity index (χ0v) is 14.4. The van der Waals surface area contributed by atoms with E-state index < -0.39 is 0 Å². The maximum absolute atomic E-state index is 12.5. The molecule has 1 aromatic heterocycles. The van der Waals surface area contributed by atoms with Gasteiger partial charge in [-0.05, 0) is 37.1 Å². The number of amides is 1. The number of nitrogens with zero attached hydrogens (tertiary/aromatic N) is 1. The summed E-state index contributed by atoms with van der Waals surface area (Å²) in [6.07, 6.45) is 10.4. The predicted molar refractivity (Wildman–Crippen MR) is 97.9 cm³/mol. The van der Waals surface area contributed by atoms with E-state index >= 15 is 0 Å². The lowest BCUT2D eigenvalue weighted by atomic mass is 10.1. The zero-order valence-electron chi connectivity index (χ0n) is 13.6. The fraction of sp³-hybridized carbons (Fsp3) is 0.368. The minimum absolute atomic E-state index is 0.0517. The number of aromatic nitrogens is 1. The molecule has 1 aromatic carbocycles. The Morgan fingerprint density at radius 3 is 2.58 bits per heavy atom. The molecule has 2 aromatic rings. The van der Waals surface area contributed by atoms with Crippen molar-refractivity contribution in [1.82, 2.24) is 10.3 Å². The molecule has 1 aliphatic rings. The first-order chi connectivity index (χ1) is 11.7. The number of pyridine rings is 1. The van der Waals surface area contributed by atoms with Crippen molar-refractivity contribution in [2.75, 3.05) is 5.32 Å². The first-order valence-corrected chi connectivity index (χ1v) is 8.87. The van der Waals surface area contributed by atoms with Crippen LogP contribution < -0.4 is 10.6 Å². The Morgan fingerprint density at radius 1 is 1.04 bits per heavy atom. The Kier molecular flexibility index (Phi) is 5.70. The van der Waals surface area contributed by atoms with Crippen LogP contribution in [0.15, 0.2) is 42.7 Å². The highest BCUT2D eigenvalue weighted by molar-refractivity contribution is 6.30. The fourth-order valence-corrected chi connectivity index (χ4v) is 3.25. The summed E-state index contributed by atoms with van der Waals surface area (Å²) in [6.45, 7) is 0. The zero-order chi connectivity index (χ0) is 16.8. The van der Waals surface area contributed by atoms with E-state index in [1.807, 2.05) is 30.3 Å². The number of anilines is 2. The number of rotatable bonds is 4. The van der Waals surface area contributed by atoms with Crippen molar-refractivity contribution >= 4 is 28.9 Å². The van der Waals surface area contributed by atoms with Gasteiger partial charge in [-0.3, -0.25) is 9.78 Å². The van der Waals surface area contributed by atoms with E-state index in [0.717, 1.165) is 24.2 Å². The molecule has 1 fully saturated rings. The van der Waals surface area contributed by atoms with Crippen molar-refractivity contribution in [2.45, 2.75) is 44.6 Å². The first kappa shape index (κ1) is 16.8. The number of benzene rings is 1. The SMILES string of the molecule is O=C(NC1CCCCCC1)c1cncc(Nc2cccc(Cl)c2)c1. The second-order valence-electron chi connectivity index (χ2n) is 6.26. The summed E-state index contributed by atoms with van der Waals surface area (Å²) < 4.78 is 0. The van der Waals surface area contributed by atoms with E-state index in [1.165, 1.54) is 25.7 Å². The van der Waals surface area contributed by atoms with Gasteiger partial charge in [-0.25, -0.2) is 0 Å². The van der Waals surface area contributed by atoms with Crippen molar-refractivity contribution in [3.63, 3.8) is 0 Å². The third-order valence-corrected chi connectivity index (χ3v) is 4.54. The normalized spacial score (nSPS) is 15.5. The molecule has 0 bridgehead atoms. The lowest BCUT2D eigenvalue weighted by Crippen LogP contribution is -2.34. The van der Waals surface area contributed by atoms with Gasteiger partial charge in [-0.2, -0.15) is 0 Å². The highest BCUT2D eigenvalue weighted by atomic mass is 35.5. The highest BCUT2D eigenvalue weighted by Gasteiger charge is 2.16. The number of halogens is 1. The molecule has 0 atom stereocenters. The van der Waals surface area contributed by atoms with Gasteiger partial charge in [0.05, 0.1) is 17.4 Å². The Morgan fingerprint density at radius 2 is 1.83 bits per heavy atom. The van der Waals surface area contributed by atoms with E-state index in [2.05, 4.69) is 15.6 Å². The molecule has 0 aliphatic heterocycles. The maximum atomic E-state index is 12.5. The standard InChI is InChI=1S/C19H22ClN3O/c20-15-6-5-9-17(11-15)22-18-10-14(12-21-13-18)19(24)23-16-7-3-1-2-4-8-16/h5-6,9-13,16,22H,1-4,7-8H2,(H,23,24). The van der Waals surface area contributed by atoms with E-state index in [9.17, 15) is 4.79 Å². The predicted octanol–water partition coefficient (Wildman–Crippen LogP) is 4.93. The summed E-state index contributed by atoms with van der Waals surface area (Å²) in [5.74, 6) is -0.0517. The molecule has 126 valence electrons. The van der Waals surface area contributed by atoms with Crippen LogP contribution in [0.2, 0.25) is 5.02 Å². The summed E-state index contributed by atoms with van der Waals surface area (Å²) in [5, 5.41) is 7.04. The third kappa shape index (κ3) is 4.71. The minimum Gasteiger partial charge on any atom is -0.354 e. The molecule has 24 heavy (non-hydrogen) atoms. The second-order valence-corrected chi connectivity index (χ2v) is 6.70. The van der Waals surface area contributed by atoms with Crippen LogP contribution in [0.1, 0.15) is 48.9 Å². The van der Waals surface area contributed by atoms with Crippen molar-refractivity contribution in [2.24, 2.45) is 0 Å². The molecule has 4 nitrogen and oxygen atoms in total. The monoisotopic (exact) mass is 343 g/mol. The minimum atomic E-state index is -0.0517. The Hall–Kier alpha value is -2.07. The van der Waals surface area contributed by atoms with Crippen LogP contribution >= 0.6 is 11.6 Å². The molecule has 1 saturated carbocycles. The van der Waals surface area contributed by atoms with Gasteiger partial charge in [0.2, 0.25) is 0 Å². The summed E-state index contributed by atoms with van der Waals surface area (Å²) >= 11 is 5.99. The molecule has 1 aliphatic carbocycles. The number of carbonyl (C=O) groups excluding carboxylic acids is 1. The van der Waals surface area contributed by atoms with Gasteiger partial charge in [0.15, 0.2) is 0 Å². The van der Waals surface area contributed by atoms with Crippen LogP contribution in [0, 0.1) is 0 Å². The van der Waals surface area contributed by atoms with Crippen molar-refractivity contribution in [3.05, 3.63) is 53.3 Å². The van der Waals surface area contributed by atoms with Crippen molar-refractivity contribution in [3.8, 4) is 0 Å². The summed E-state index contributed by atoms with van der Waals surface area (Å²) in [5.41, 5.74) is 2.21. The Balaban J connectivity index is 1.66. The van der Waals surface area contributed by atoms with E-state index in [4.69, 9.17) is 11.6 Å². The first-order valence-electron chi connectivity index (χ1n) is 8.49. The summed E-state index contributed by atoms with van der Waals surface area (Å²) in [6, 6.07) is 9.55. The lowest BCUT2D eigenvalue weighted by Gasteiger charge is -2.16. The van der Waals surface area contributed by atoms with Crippen molar-refractivity contribution in [1.29, 1.82) is 0 Å². The largest absolute Gasteiger partial charge is 0.354 e. The van der Waals surface area contributed by atoms with E-state index in [-0.39, 0.29) is 11.9 Å². The lowest BCUT2D eigenvalue weighted by molar-refractivity contribution is 0.0933.